The van der Waals surface area contributed by atoms with Gasteiger partial charge in [-0.05, 0) is 41.8 Å². The van der Waals surface area contributed by atoms with Crippen LogP contribution in [0.1, 0.15) is 10.5 Å². The molecule has 0 bridgehead atoms. The second-order valence-electron chi connectivity index (χ2n) is 7.25. The van der Waals surface area contributed by atoms with Crippen molar-refractivity contribution in [3.8, 4) is 11.4 Å². The number of amides is 1. The first-order chi connectivity index (χ1) is 18.7. The number of rotatable bonds is 11. The second-order valence-corrected chi connectivity index (χ2v) is 8.77. The topological polar surface area (TPSA) is 246 Å². The summed E-state index contributed by atoms with van der Waals surface area (Å²) in [7, 11) is 0. The molecule has 4 aromatic rings. The van der Waals surface area contributed by atoms with Crippen LogP contribution in [0, 0.1) is 10.1 Å². The van der Waals surface area contributed by atoms with Crippen molar-refractivity contribution in [2.24, 2.45) is 16.0 Å². The molecule has 0 fully saturated rings. The third kappa shape index (κ3) is 6.05. The molecule has 17 nitrogen and oxygen atoms in total. The van der Waals surface area contributed by atoms with Gasteiger partial charge in [0.15, 0.2) is 11.4 Å². The first-order valence-electron chi connectivity index (χ1n) is 10.1. The number of azo groups is 1. The van der Waals surface area contributed by atoms with E-state index in [1.54, 1.807) is 6.07 Å². The number of carbonyl (C=O) groups excluding carboxylic acids is 1. The van der Waals surface area contributed by atoms with E-state index in [2.05, 4.69) is 34.1 Å². The minimum absolute atomic E-state index is 0.0166. The number of nitrogens with one attached hydrogen (secondary N) is 1. The van der Waals surface area contributed by atoms with Crippen molar-refractivity contribution in [1.82, 2.24) is 9.78 Å². The van der Waals surface area contributed by atoms with Gasteiger partial charge in [0.1, 0.15) is 11.4 Å². The SMILES string of the molecule is NC(=O)c1[nH]n(-c2ccc3c(O)cc(SOOO)cc3c2)c(=O)c1N=Nc1ccc([N+](=O)[O-])cc1SOOO. The number of aromatic nitrogens is 2. The van der Waals surface area contributed by atoms with Gasteiger partial charge in [0.05, 0.1) is 39.6 Å². The van der Waals surface area contributed by atoms with E-state index in [0.29, 0.717) is 39.8 Å². The summed E-state index contributed by atoms with van der Waals surface area (Å²) in [5, 5.41) is 56.3. The molecular weight excluding hydrogens is 564 g/mol. The number of non-ortho nitro benzene ring substituents is 1. The van der Waals surface area contributed by atoms with Crippen LogP contribution in [0.3, 0.4) is 0 Å². The molecule has 0 aliphatic rings. The maximum absolute atomic E-state index is 13.2. The third-order valence-corrected chi connectivity index (χ3v) is 6.18. The highest BCUT2D eigenvalue weighted by Crippen LogP contribution is 2.35. The molecule has 1 heterocycles. The van der Waals surface area contributed by atoms with E-state index in [-0.39, 0.29) is 27.7 Å². The molecule has 19 heteroatoms. The van der Waals surface area contributed by atoms with Crippen molar-refractivity contribution in [1.29, 1.82) is 0 Å². The second kappa shape index (κ2) is 12.0. The van der Waals surface area contributed by atoms with E-state index in [0.717, 1.165) is 16.8 Å². The van der Waals surface area contributed by atoms with E-state index >= 15 is 0 Å². The highest BCUT2D eigenvalue weighted by atomic mass is 32.2. The molecule has 3 aromatic carbocycles. The fourth-order valence-electron chi connectivity index (χ4n) is 3.35. The summed E-state index contributed by atoms with van der Waals surface area (Å²) in [6.07, 6.45) is 0. The summed E-state index contributed by atoms with van der Waals surface area (Å²) in [5.74, 6) is -1.16. The van der Waals surface area contributed by atoms with Crippen molar-refractivity contribution in [3.63, 3.8) is 0 Å². The number of nitrogens with zero attached hydrogens (tertiary/aromatic N) is 4. The Morgan fingerprint density at radius 1 is 1.05 bits per heavy atom. The Bertz CT molecular complexity index is 1660. The summed E-state index contributed by atoms with van der Waals surface area (Å²) < 4.78 is 9.67. The fraction of sp³-hybridized carbons (Fsp3) is 0. The van der Waals surface area contributed by atoms with Gasteiger partial charge in [-0.2, -0.15) is 0 Å². The minimum Gasteiger partial charge on any atom is -0.507 e. The maximum Gasteiger partial charge on any atom is 0.299 e. The van der Waals surface area contributed by atoms with Gasteiger partial charge in [-0.25, -0.2) is 15.2 Å². The Balaban J connectivity index is 1.77. The number of nitro benzene ring substituents is 1. The molecular formula is C20H14N6O11S2. The lowest BCUT2D eigenvalue weighted by Gasteiger charge is -2.07. The van der Waals surface area contributed by atoms with E-state index in [4.69, 9.17) is 16.2 Å². The summed E-state index contributed by atoms with van der Waals surface area (Å²) in [5.41, 5.74) is 3.57. The number of aromatic hydroxyl groups is 1. The van der Waals surface area contributed by atoms with Gasteiger partial charge in [-0.3, -0.25) is 24.8 Å². The molecule has 4 rings (SSSR count). The molecule has 0 saturated carbocycles. The van der Waals surface area contributed by atoms with Gasteiger partial charge in [-0.1, -0.05) is 10.1 Å². The molecule has 1 amide bonds. The van der Waals surface area contributed by atoms with Crippen LogP contribution in [-0.2, 0) is 18.7 Å². The van der Waals surface area contributed by atoms with E-state index in [1.807, 2.05) is 0 Å². The van der Waals surface area contributed by atoms with Gasteiger partial charge in [0, 0.05) is 22.4 Å². The molecule has 0 aliphatic carbocycles. The number of H-pyrrole nitrogens is 1. The Morgan fingerprint density at radius 3 is 2.49 bits per heavy atom. The van der Waals surface area contributed by atoms with Crippen LogP contribution in [-0.4, -0.2) is 36.2 Å². The summed E-state index contributed by atoms with van der Waals surface area (Å²) in [6.45, 7) is 0. The molecule has 0 unspecified atom stereocenters. The smallest absolute Gasteiger partial charge is 0.299 e. The fourth-order valence-corrected chi connectivity index (χ4v) is 4.26. The van der Waals surface area contributed by atoms with Crippen LogP contribution < -0.4 is 11.3 Å². The lowest BCUT2D eigenvalue weighted by molar-refractivity contribution is -0.432. The van der Waals surface area contributed by atoms with Crippen LogP contribution >= 0.6 is 24.1 Å². The quantitative estimate of drug-likeness (QED) is 0.0548. The number of phenols is 1. The summed E-state index contributed by atoms with van der Waals surface area (Å²) in [6, 6.07) is 10.8. The molecule has 0 radical (unpaired) electrons. The van der Waals surface area contributed by atoms with Crippen LogP contribution in [0.25, 0.3) is 16.5 Å². The molecule has 0 atom stereocenters. The van der Waals surface area contributed by atoms with Crippen molar-refractivity contribution in [3.05, 3.63) is 74.7 Å². The van der Waals surface area contributed by atoms with Crippen molar-refractivity contribution >= 4 is 57.8 Å². The van der Waals surface area contributed by atoms with Crippen molar-refractivity contribution < 1.29 is 44.1 Å². The Kier molecular flexibility index (Phi) is 8.53. The lowest BCUT2D eigenvalue weighted by atomic mass is 10.1. The lowest BCUT2D eigenvalue weighted by Crippen LogP contribution is -2.14. The van der Waals surface area contributed by atoms with Crippen LogP contribution in [0.2, 0.25) is 0 Å². The largest absolute Gasteiger partial charge is 0.507 e. The number of carbonyl (C=O) groups is 1. The van der Waals surface area contributed by atoms with Crippen LogP contribution in [0.4, 0.5) is 17.1 Å². The third-order valence-electron chi connectivity index (χ3n) is 4.99. The molecule has 0 saturated heterocycles. The Morgan fingerprint density at radius 2 is 1.79 bits per heavy atom. The number of nitro groups is 1. The maximum atomic E-state index is 13.2. The Labute approximate surface area is 223 Å². The zero-order chi connectivity index (χ0) is 28.1. The van der Waals surface area contributed by atoms with Gasteiger partial charge < -0.3 is 10.8 Å². The number of aromatic amines is 1. The van der Waals surface area contributed by atoms with Gasteiger partial charge >= 0.3 is 0 Å². The zero-order valence-corrected chi connectivity index (χ0v) is 20.5. The first-order valence-corrected chi connectivity index (χ1v) is 11.6. The number of phenolic OH excluding ortho intramolecular Hbond substituents is 1. The average Bonchev–Trinajstić information content (AvgIpc) is 3.25. The molecule has 0 spiro atoms. The monoisotopic (exact) mass is 578 g/mol. The molecule has 39 heavy (non-hydrogen) atoms. The molecule has 0 aliphatic heterocycles. The van der Waals surface area contributed by atoms with Crippen LogP contribution in [0.15, 0.2) is 73.3 Å². The van der Waals surface area contributed by atoms with Gasteiger partial charge in [0.2, 0.25) is 0 Å². The van der Waals surface area contributed by atoms with Gasteiger partial charge in [0.25, 0.3) is 17.2 Å². The Hall–Kier alpha value is -4.34. The first kappa shape index (κ1) is 27.7. The number of benzene rings is 3. The molecule has 6 N–H and O–H groups in total. The number of nitrogens with two attached hydrogens (primary N) is 1. The number of hydrogen-bond acceptors (Lipinski definition) is 15. The predicted molar refractivity (Wildman–Crippen MR) is 133 cm³/mol. The van der Waals surface area contributed by atoms with E-state index < -0.39 is 27.8 Å². The number of fused-ring (bicyclic) bond motifs is 1. The number of primary amides is 1. The minimum atomic E-state index is -1.03. The van der Waals surface area contributed by atoms with Gasteiger partial charge in [-0.15, -0.1) is 18.9 Å². The standard InChI is InChI=1S/C20H14N6O11S2/c21-19(28)17-18(23-22-14-4-2-11(26(30)31)7-16(14)39-37-35-33)20(29)25(24-17)10-1-3-13-9(5-10)6-12(8-15(13)27)38-36-34-32/h1-8,24,27,32-33H,(H2,21,28). The average molecular weight is 578 g/mol. The molecule has 202 valence electrons. The number of hydrogen-bond donors (Lipinski definition) is 5. The van der Waals surface area contributed by atoms with Crippen LogP contribution in [0.5, 0.6) is 5.75 Å². The van der Waals surface area contributed by atoms with Crippen molar-refractivity contribution in [2.75, 3.05) is 0 Å². The molecule has 1 aromatic heterocycles. The van der Waals surface area contributed by atoms with Crippen molar-refractivity contribution in [2.45, 2.75) is 9.79 Å². The van der Waals surface area contributed by atoms with E-state index in [9.17, 15) is 24.8 Å². The normalized spacial score (nSPS) is 11.4. The highest BCUT2D eigenvalue weighted by molar-refractivity contribution is 7.94. The zero-order valence-electron chi connectivity index (χ0n) is 18.9. The summed E-state index contributed by atoms with van der Waals surface area (Å²) in [4.78, 5) is 36.0. The highest BCUT2D eigenvalue weighted by Gasteiger charge is 2.21. The van der Waals surface area contributed by atoms with E-state index in [1.165, 1.54) is 30.3 Å². The predicted octanol–water partition coefficient (Wildman–Crippen LogP) is 4.30. The summed E-state index contributed by atoms with van der Waals surface area (Å²) >= 11 is 0.984.